The number of aromatic amines is 1. The highest BCUT2D eigenvalue weighted by molar-refractivity contribution is 6.07. The van der Waals surface area contributed by atoms with Crippen molar-refractivity contribution in [2.24, 2.45) is 0 Å². The number of hydrogen-bond acceptors (Lipinski definition) is 3. The van der Waals surface area contributed by atoms with Crippen LogP contribution in [0.5, 0.6) is 0 Å². The first-order chi connectivity index (χ1) is 10.1. The van der Waals surface area contributed by atoms with Crippen LogP contribution in [0, 0.1) is 0 Å². The van der Waals surface area contributed by atoms with Crippen LogP contribution in [0.3, 0.4) is 0 Å². The van der Waals surface area contributed by atoms with E-state index in [0.717, 1.165) is 16.7 Å². The first-order valence-corrected chi connectivity index (χ1v) is 6.66. The molecule has 21 heavy (non-hydrogen) atoms. The van der Waals surface area contributed by atoms with Crippen molar-refractivity contribution in [3.8, 4) is 0 Å². The Labute approximate surface area is 122 Å². The Morgan fingerprint density at radius 1 is 1.19 bits per heavy atom. The van der Waals surface area contributed by atoms with Gasteiger partial charge in [0.15, 0.2) is 5.82 Å². The molecule has 0 bridgehead atoms. The molecule has 0 radical (unpaired) electrons. The lowest BCUT2D eigenvalue weighted by molar-refractivity contribution is 0.102. The van der Waals surface area contributed by atoms with Crippen molar-refractivity contribution in [2.45, 2.75) is 0 Å². The highest BCUT2D eigenvalue weighted by atomic mass is 16.1. The number of carbonyl (C=O) groups excluding carboxylic acids is 1. The number of carbonyl (C=O) groups is 1. The van der Waals surface area contributed by atoms with Crippen LogP contribution in [0.2, 0.25) is 0 Å². The molecule has 0 fully saturated rings. The normalized spacial score (nSPS) is 10.6. The second kappa shape index (κ2) is 5.28. The number of nitrogens with zero attached hydrogens (tertiary/aromatic N) is 2. The van der Waals surface area contributed by atoms with Crippen molar-refractivity contribution in [1.29, 1.82) is 0 Å². The zero-order valence-corrected chi connectivity index (χ0v) is 11.9. The van der Waals surface area contributed by atoms with Gasteiger partial charge < -0.3 is 15.2 Å². The molecule has 1 aromatic carbocycles. The van der Waals surface area contributed by atoms with Crippen molar-refractivity contribution >= 4 is 28.3 Å². The van der Waals surface area contributed by atoms with E-state index in [1.54, 1.807) is 12.3 Å². The lowest BCUT2D eigenvalue weighted by Crippen LogP contribution is -2.17. The molecular formula is C16H16N4O. The van der Waals surface area contributed by atoms with Crippen molar-refractivity contribution < 1.29 is 4.79 Å². The van der Waals surface area contributed by atoms with Gasteiger partial charge >= 0.3 is 0 Å². The Morgan fingerprint density at radius 2 is 2.00 bits per heavy atom. The van der Waals surface area contributed by atoms with Crippen molar-refractivity contribution in [3.63, 3.8) is 0 Å². The molecule has 0 saturated heterocycles. The number of anilines is 2. The van der Waals surface area contributed by atoms with Gasteiger partial charge in [-0.05, 0) is 24.3 Å². The topological polar surface area (TPSA) is 61.0 Å². The predicted octanol–water partition coefficient (Wildman–Crippen LogP) is 2.88. The Bertz CT molecular complexity index is 759. The van der Waals surface area contributed by atoms with E-state index < -0.39 is 0 Å². The number of aromatic nitrogens is 2. The van der Waals surface area contributed by atoms with E-state index in [4.69, 9.17) is 0 Å². The summed E-state index contributed by atoms with van der Waals surface area (Å²) in [6.07, 6.45) is 1.70. The average Bonchev–Trinajstić information content (AvgIpc) is 2.91. The number of pyridine rings is 1. The maximum Gasteiger partial charge on any atom is 0.272 e. The fourth-order valence-corrected chi connectivity index (χ4v) is 2.24. The third kappa shape index (κ3) is 2.58. The Morgan fingerprint density at radius 3 is 2.76 bits per heavy atom. The molecule has 2 heterocycles. The molecule has 0 saturated carbocycles. The van der Waals surface area contributed by atoms with Gasteiger partial charge in [-0.3, -0.25) is 4.79 Å². The minimum Gasteiger partial charge on any atom is -0.361 e. The van der Waals surface area contributed by atoms with Crippen LogP contribution in [0.4, 0.5) is 11.5 Å². The lowest BCUT2D eigenvalue weighted by atomic mass is 10.2. The molecule has 2 aromatic heterocycles. The van der Waals surface area contributed by atoms with E-state index in [1.807, 2.05) is 55.4 Å². The van der Waals surface area contributed by atoms with Gasteiger partial charge in [-0.25, -0.2) is 4.98 Å². The van der Waals surface area contributed by atoms with E-state index in [1.165, 1.54) is 0 Å². The summed E-state index contributed by atoms with van der Waals surface area (Å²) >= 11 is 0. The third-order valence-electron chi connectivity index (χ3n) is 3.23. The average molecular weight is 280 g/mol. The van der Waals surface area contributed by atoms with Gasteiger partial charge in [-0.2, -0.15) is 0 Å². The van der Waals surface area contributed by atoms with Crippen molar-refractivity contribution in [2.75, 3.05) is 24.3 Å². The van der Waals surface area contributed by atoms with Gasteiger partial charge in [-0.1, -0.05) is 18.2 Å². The van der Waals surface area contributed by atoms with Gasteiger partial charge in [0.05, 0.1) is 5.69 Å². The summed E-state index contributed by atoms with van der Waals surface area (Å²) in [5.74, 6) is 0.546. The summed E-state index contributed by atoms with van der Waals surface area (Å²) in [7, 11) is 3.78. The molecule has 2 N–H and O–H groups in total. The first-order valence-electron chi connectivity index (χ1n) is 6.66. The van der Waals surface area contributed by atoms with Gasteiger partial charge in [0.2, 0.25) is 0 Å². The summed E-state index contributed by atoms with van der Waals surface area (Å²) in [6, 6.07) is 13.3. The fraction of sp³-hybridized carbons (Fsp3) is 0.125. The van der Waals surface area contributed by atoms with E-state index in [2.05, 4.69) is 15.3 Å². The molecular weight excluding hydrogens is 264 g/mol. The minimum absolute atomic E-state index is 0.178. The van der Waals surface area contributed by atoms with Crippen LogP contribution in [-0.4, -0.2) is 30.0 Å². The zero-order chi connectivity index (χ0) is 14.8. The molecule has 3 rings (SSSR count). The van der Waals surface area contributed by atoms with E-state index in [9.17, 15) is 4.79 Å². The minimum atomic E-state index is -0.178. The molecule has 0 aliphatic carbocycles. The third-order valence-corrected chi connectivity index (χ3v) is 3.23. The van der Waals surface area contributed by atoms with Crippen LogP contribution in [0.15, 0.2) is 48.7 Å². The van der Waals surface area contributed by atoms with Crippen molar-refractivity contribution in [3.05, 3.63) is 54.4 Å². The second-order valence-corrected chi connectivity index (χ2v) is 4.99. The number of fused-ring (bicyclic) bond motifs is 1. The van der Waals surface area contributed by atoms with E-state index in [0.29, 0.717) is 11.4 Å². The largest absolute Gasteiger partial charge is 0.361 e. The smallest absolute Gasteiger partial charge is 0.272 e. The van der Waals surface area contributed by atoms with E-state index in [-0.39, 0.29) is 5.91 Å². The number of H-pyrrole nitrogens is 1. The molecule has 0 aliphatic heterocycles. The number of hydrogen-bond donors (Lipinski definition) is 2. The van der Waals surface area contributed by atoms with Gasteiger partial charge in [0.25, 0.3) is 5.91 Å². The van der Waals surface area contributed by atoms with Gasteiger partial charge in [0.1, 0.15) is 5.69 Å². The van der Waals surface area contributed by atoms with Crippen LogP contribution in [0.25, 0.3) is 10.9 Å². The van der Waals surface area contributed by atoms with Crippen LogP contribution < -0.4 is 10.2 Å². The SMILES string of the molecule is CN(C)c1ncccc1NC(=O)c1cc2ccccc2[nH]1. The summed E-state index contributed by atoms with van der Waals surface area (Å²) in [5, 5.41) is 3.91. The predicted molar refractivity (Wildman–Crippen MR) is 84.8 cm³/mol. The second-order valence-electron chi connectivity index (χ2n) is 4.99. The monoisotopic (exact) mass is 280 g/mol. The number of amides is 1. The maximum absolute atomic E-state index is 12.4. The number of para-hydroxylation sites is 1. The van der Waals surface area contributed by atoms with E-state index >= 15 is 0 Å². The quantitative estimate of drug-likeness (QED) is 0.775. The fourth-order valence-electron chi connectivity index (χ4n) is 2.24. The molecule has 106 valence electrons. The van der Waals surface area contributed by atoms with Crippen LogP contribution in [0.1, 0.15) is 10.5 Å². The highest BCUT2D eigenvalue weighted by Crippen LogP contribution is 2.22. The molecule has 5 heteroatoms. The number of rotatable bonds is 3. The molecule has 0 atom stereocenters. The standard InChI is InChI=1S/C16H16N4O/c1-20(2)15-13(8-5-9-17-15)19-16(21)14-10-11-6-3-4-7-12(11)18-14/h3-10,18H,1-2H3,(H,19,21). The number of nitrogens with one attached hydrogen (secondary N) is 2. The summed E-state index contributed by atoms with van der Waals surface area (Å²) in [6.45, 7) is 0. The lowest BCUT2D eigenvalue weighted by Gasteiger charge is -2.15. The first kappa shape index (κ1) is 13.2. The van der Waals surface area contributed by atoms with Gasteiger partial charge in [0, 0.05) is 31.2 Å². The van der Waals surface area contributed by atoms with Crippen LogP contribution >= 0.6 is 0 Å². The summed E-state index contributed by atoms with van der Waals surface area (Å²) in [4.78, 5) is 21.6. The van der Waals surface area contributed by atoms with Gasteiger partial charge in [-0.15, -0.1) is 0 Å². The zero-order valence-electron chi connectivity index (χ0n) is 11.9. The van der Waals surface area contributed by atoms with Crippen LogP contribution in [-0.2, 0) is 0 Å². The molecule has 0 spiro atoms. The Hall–Kier alpha value is -2.82. The molecule has 1 amide bonds. The summed E-state index contributed by atoms with van der Waals surface area (Å²) < 4.78 is 0. The molecule has 0 aliphatic rings. The van der Waals surface area contributed by atoms with Crippen molar-refractivity contribution in [1.82, 2.24) is 9.97 Å². The highest BCUT2D eigenvalue weighted by Gasteiger charge is 2.13. The molecule has 5 nitrogen and oxygen atoms in total. The summed E-state index contributed by atoms with van der Waals surface area (Å²) in [5.41, 5.74) is 2.16. The Balaban J connectivity index is 1.89. The number of benzene rings is 1. The molecule has 0 unspecified atom stereocenters. The molecule has 3 aromatic rings. The Kier molecular flexibility index (Phi) is 3.31. The maximum atomic E-state index is 12.4.